The number of halogens is 1. The monoisotopic (exact) mass is 210 g/mol. The van der Waals surface area contributed by atoms with Crippen LogP contribution in [0.25, 0.3) is 0 Å². The largest absolute Gasteiger partial charge is 0.459 e. The summed E-state index contributed by atoms with van der Waals surface area (Å²) in [5.74, 6) is -0.576. The van der Waals surface area contributed by atoms with E-state index in [9.17, 15) is 13.2 Å². The van der Waals surface area contributed by atoms with Gasteiger partial charge in [-0.05, 0) is 0 Å². The van der Waals surface area contributed by atoms with Gasteiger partial charge < -0.3 is 4.74 Å². The summed E-state index contributed by atoms with van der Waals surface area (Å²) in [6, 6.07) is 0. The van der Waals surface area contributed by atoms with Gasteiger partial charge in [0.25, 0.3) is 0 Å². The number of carbonyl (C=O) groups excluding carboxylic acids is 1. The van der Waals surface area contributed by atoms with E-state index in [1.807, 2.05) is 0 Å². The Morgan fingerprint density at radius 3 is 2.75 bits per heavy atom. The molecule has 2 saturated heterocycles. The third-order valence-electron chi connectivity index (χ3n) is 2.21. The number of sulfone groups is 1. The average molecular weight is 211 g/mol. The van der Waals surface area contributed by atoms with Crippen molar-refractivity contribution in [2.75, 3.05) is 5.75 Å². The van der Waals surface area contributed by atoms with Crippen molar-refractivity contribution in [3.8, 4) is 0 Å². The lowest BCUT2D eigenvalue weighted by atomic mass is 10.1. The van der Waals surface area contributed by atoms with Crippen molar-refractivity contribution in [3.05, 3.63) is 0 Å². The molecule has 0 saturated carbocycles. The maximum atomic E-state index is 11.2. The second-order valence-electron chi connectivity index (χ2n) is 3.10. The van der Waals surface area contributed by atoms with E-state index in [2.05, 4.69) is 0 Å². The molecule has 0 aliphatic carbocycles. The number of hydrogen-bond donors (Lipinski definition) is 0. The molecule has 4 nitrogen and oxygen atoms in total. The number of alkyl halides is 1. The quantitative estimate of drug-likeness (QED) is 0.414. The summed E-state index contributed by atoms with van der Waals surface area (Å²) in [5, 5.41) is 0. The van der Waals surface area contributed by atoms with Crippen molar-refractivity contribution in [3.63, 3.8) is 0 Å². The molecule has 0 bridgehead atoms. The van der Waals surface area contributed by atoms with E-state index in [0.29, 0.717) is 0 Å². The Morgan fingerprint density at radius 1 is 1.50 bits per heavy atom. The van der Waals surface area contributed by atoms with Crippen LogP contribution in [0, 0.1) is 5.92 Å². The van der Waals surface area contributed by atoms with Gasteiger partial charge in [-0.3, -0.25) is 4.79 Å². The van der Waals surface area contributed by atoms with E-state index in [1.165, 1.54) is 0 Å². The molecule has 0 amide bonds. The molecule has 0 aromatic heterocycles. The molecule has 0 radical (unpaired) electrons. The van der Waals surface area contributed by atoms with Gasteiger partial charge in [0.05, 0.1) is 12.2 Å². The summed E-state index contributed by atoms with van der Waals surface area (Å²) in [6.45, 7) is 0. The molecule has 2 heterocycles. The van der Waals surface area contributed by atoms with Crippen LogP contribution < -0.4 is 0 Å². The fraction of sp³-hybridized carbons (Fsp3) is 0.833. The topological polar surface area (TPSA) is 60.4 Å². The predicted octanol–water partition coefficient (Wildman–Crippen LogP) is -0.0886. The Kier molecular flexibility index (Phi) is 1.63. The molecule has 0 aromatic rings. The number of hydrogen-bond acceptors (Lipinski definition) is 4. The van der Waals surface area contributed by atoms with Gasteiger partial charge in [0.1, 0.15) is 6.10 Å². The van der Waals surface area contributed by atoms with Crippen LogP contribution in [0.1, 0.15) is 6.42 Å². The number of rotatable bonds is 0. The highest BCUT2D eigenvalue weighted by molar-refractivity contribution is 7.93. The van der Waals surface area contributed by atoms with Gasteiger partial charge in [-0.1, -0.05) is 0 Å². The maximum Gasteiger partial charge on any atom is 0.306 e. The molecule has 0 unspecified atom stereocenters. The van der Waals surface area contributed by atoms with Crippen molar-refractivity contribution in [2.24, 2.45) is 5.92 Å². The van der Waals surface area contributed by atoms with Crippen molar-refractivity contribution < 1.29 is 17.9 Å². The third kappa shape index (κ3) is 1.03. The lowest BCUT2D eigenvalue weighted by Crippen LogP contribution is -2.22. The predicted molar refractivity (Wildman–Crippen MR) is 41.4 cm³/mol. The van der Waals surface area contributed by atoms with Gasteiger partial charge in [-0.2, -0.15) is 0 Å². The molecule has 0 aromatic carbocycles. The Labute approximate surface area is 74.8 Å². The minimum atomic E-state index is -3.22. The van der Waals surface area contributed by atoms with Gasteiger partial charge >= 0.3 is 5.97 Å². The molecular weight excluding hydrogens is 204 g/mol. The fourth-order valence-electron chi connectivity index (χ4n) is 1.64. The molecule has 6 heteroatoms. The zero-order chi connectivity index (χ0) is 8.93. The summed E-state index contributed by atoms with van der Waals surface area (Å²) in [6.07, 6.45) is -0.420. The molecule has 2 aliphatic rings. The van der Waals surface area contributed by atoms with Gasteiger partial charge in [0.15, 0.2) is 14.5 Å². The summed E-state index contributed by atoms with van der Waals surface area (Å²) in [4.78, 5) is 10.7. The Hall–Kier alpha value is -0.290. The molecule has 2 fully saturated rings. The van der Waals surface area contributed by atoms with Crippen LogP contribution in [-0.2, 0) is 19.4 Å². The highest BCUT2D eigenvalue weighted by Crippen LogP contribution is 2.38. The fourth-order valence-corrected chi connectivity index (χ4v) is 3.89. The van der Waals surface area contributed by atoms with Gasteiger partial charge in [0, 0.05) is 5.92 Å². The van der Waals surface area contributed by atoms with Crippen molar-refractivity contribution in [2.45, 2.75) is 17.2 Å². The van der Waals surface area contributed by atoms with Crippen LogP contribution in [0.2, 0.25) is 0 Å². The van der Waals surface area contributed by atoms with E-state index in [-0.39, 0.29) is 24.1 Å². The Morgan fingerprint density at radius 2 is 2.17 bits per heavy atom. The first-order chi connectivity index (χ1) is 5.50. The first kappa shape index (κ1) is 8.31. The standard InChI is InChI=1S/C6H7ClO4S/c7-6-5-3(1-4(8)11-5)2-12(6,9)10/h3,5-6H,1-2H2/t3-,5+,6-/m0/s1. The van der Waals surface area contributed by atoms with E-state index >= 15 is 0 Å². The SMILES string of the molecule is O=C1C[C@H]2CS(=O)(=O)[C@H](Cl)[C@@H]2O1. The molecule has 3 atom stereocenters. The van der Waals surface area contributed by atoms with Gasteiger partial charge in [-0.15, -0.1) is 11.6 Å². The van der Waals surface area contributed by atoms with Crippen LogP contribution in [-0.4, -0.2) is 31.0 Å². The zero-order valence-electron chi connectivity index (χ0n) is 6.07. The second kappa shape index (κ2) is 2.35. The maximum absolute atomic E-state index is 11.2. The van der Waals surface area contributed by atoms with Gasteiger partial charge in [0.2, 0.25) is 0 Å². The van der Waals surface area contributed by atoms with Crippen LogP contribution in [0.15, 0.2) is 0 Å². The first-order valence-corrected chi connectivity index (χ1v) is 5.71. The normalized spacial score (nSPS) is 44.1. The molecule has 0 spiro atoms. The van der Waals surface area contributed by atoms with E-state index in [1.54, 1.807) is 0 Å². The van der Waals surface area contributed by atoms with Crippen LogP contribution in [0.4, 0.5) is 0 Å². The van der Waals surface area contributed by atoms with Crippen molar-refractivity contribution in [1.82, 2.24) is 0 Å². The van der Waals surface area contributed by atoms with Crippen molar-refractivity contribution >= 4 is 27.4 Å². The minimum absolute atomic E-state index is 0.0163. The lowest BCUT2D eigenvalue weighted by Gasteiger charge is -2.08. The lowest BCUT2D eigenvalue weighted by molar-refractivity contribution is -0.140. The third-order valence-corrected chi connectivity index (χ3v) is 5.12. The number of ether oxygens (including phenoxy) is 1. The highest BCUT2D eigenvalue weighted by Gasteiger charge is 2.52. The molecule has 68 valence electrons. The molecular formula is C6H7ClO4S. The van der Waals surface area contributed by atoms with Crippen LogP contribution >= 0.6 is 11.6 Å². The smallest absolute Gasteiger partial charge is 0.306 e. The molecule has 12 heavy (non-hydrogen) atoms. The minimum Gasteiger partial charge on any atom is -0.459 e. The molecule has 0 N–H and O–H groups in total. The Bertz CT molecular complexity index is 322. The van der Waals surface area contributed by atoms with E-state index in [0.717, 1.165) is 0 Å². The van der Waals surface area contributed by atoms with Crippen LogP contribution in [0.3, 0.4) is 0 Å². The molecule has 2 rings (SSSR count). The van der Waals surface area contributed by atoms with Crippen LogP contribution in [0.5, 0.6) is 0 Å². The summed E-state index contributed by atoms with van der Waals surface area (Å²) in [5.41, 5.74) is 0. The highest BCUT2D eigenvalue weighted by atomic mass is 35.5. The van der Waals surface area contributed by atoms with E-state index in [4.69, 9.17) is 16.3 Å². The number of fused-ring (bicyclic) bond motifs is 1. The number of carbonyl (C=O) groups is 1. The zero-order valence-corrected chi connectivity index (χ0v) is 7.64. The first-order valence-electron chi connectivity index (χ1n) is 3.56. The Balaban J connectivity index is 2.30. The summed E-state index contributed by atoms with van der Waals surface area (Å²) >= 11 is 5.60. The summed E-state index contributed by atoms with van der Waals surface area (Å²) in [7, 11) is -3.22. The summed E-state index contributed by atoms with van der Waals surface area (Å²) < 4.78 is 26.1. The second-order valence-corrected chi connectivity index (χ2v) is 6.00. The number of esters is 1. The average Bonchev–Trinajstić information content (AvgIpc) is 2.35. The molecule has 2 aliphatic heterocycles. The van der Waals surface area contributed by atoms with Gasteiger partial charge in [-0.25, -0.2) is 8.42 Å². The van der Waals surface area contributed by atoms with E-state index < -0.39 is 20.7 Å². The van der Waals surface area contributed by atoms with Crippen molar-refractivity contribution in [1.29, 1.82) is 0 Å².